The first kappa shape index (κ1) is 12.5. The lowest BCUT2D eigenvalue weighted by atomic mass is 10.0. The number of aryl methyl sites for hydroxylation is 1. The number of fused-ring (bicyclic) bond motifs is 1. The van der Waals surface area contributed by atoms with E-state index in [1.54, 1.807) is 12.1 Å². The SMILES string of the molecule is Cc1c(CC(=O)c2ccccc2N)oc2ccccc12. The minimum absolute atomic E-state index is 0.0229. The zero-order chi connectivity index (χ0) is 14.1. The lowest BCUT2D eigenvalue weighted by Crippen LogP contribution is -2.06. The van der Waals surface area contributed by atoms with Gasteiger partial charge < -0.3 is 10.2 Å². The number of carbonyl (C=O) groups is 1. The van der Waals surface area contributed by atoms with Crippen LogP contribution in [-0.2, 0) is 6.42 Å². The number of nitrogens with two attached hydrogens (primary N) is 1. The molecule has 0 fully saturated rings. The Morgan fingerprint density at radius 3 is 2.55 bits per heavy atom. The van der Waals surface area contributed by atoms with E-state index in [4.69, 9.17) is 10.2 Å². The Hall–Kier alpha value is -2.55. The summed E-state index contributed by atoms with van der Waals surface area (Å²) in [6, 6.07) is 14.9. The maximum Gasteiger partial charge on any atom is 0.172 e. The van der Waals surface area contributed by atoms with Crippen LogP contribution in [-0.4, -0.2) is 5.78 Å². The molecular formula is C17H15NO2. The van der Waals surface area contributed by atoms with Crippen LogP contribution >= 0.6 is 0 Å². The molecule has 20 heavy (non-hydrogen) atoms. The molecule has 3 nitrogen and oxygen atoms in total. The van der Waals surface area contributed by atoms with Crippen LogP contribution < -0.4 is 5.73 Å². The summed E-state index contributed by atoms with van der Waals surface area (Å²) in [5.41, 5.74) is 8.72. The second-order valence-electron chi connectivity index (χ2n) is 4.83. The number of para-hydroxylation sites is 2. The molecule has 3 rings (SSSR count). The van der Waals surface area contributed by atoms with Crippen LogP contribution in [0.4, 0.5) is 5.69 Å². The van der Waals surface area contributed by atoms with Gasteiger partial charge in [-0.05, 0) is 30.7 Å². The predicted octanol–water partition coefficient (Wildman–Crippen LogP) is 3.75. The van der Waals surface area contributed by atoms with Gasteiger partial charge in [-0.2, -0.15) is 0 Å². The topological polar surface area (TPSA) is 56.2 Å². The van der Waals surface area contributed by atoms with Crippen LogP contribution in [0.25, 0.3) is 11.0 Å². The molecule has 0 saturated carbocycles. The zero-order valence-electron chi connectivity index (χ0n) is 11.2. The number of benzene rings is 2. The molecular weight excluding hydrogens is 250 g/mol. The van der Waals surface area contributed by atoms with Crippen molar-refractivity contribution >= 4 is 22.4 Å². The molecule has 0 aliphatic rings. The fraction of sp³-hybridized carbons (Fsp3) is 0.118. The number of hydrogen-bond donors (Lipinski definition) is 1. The van der Waals surface area contributed by atoms with Crippen molar-refractivity contribution in [2.45, 2.75) is 13.3 Å². The summed E-state index contributed by atoms with van der Waals surface area (Å²) in [6.45, 7) is 1.97. The van der Waals surface area contributed by atoms with E-state index in [9.17, 15) is 4.79 Å². The number of furan rings is 1. The van der Waals surface area contributed by atoms with Gasteiger partial charge in [-0.1, -0.05) is 30.3 Å². The molecule has 100 valence electrons. The normalized spacial score (nSPS) is 10.8. The number of hydrogen-bond acceptors (Lipinski definition) is 3. The van der Waals surface area contributed by atoms with Crippen LogP contribution in [0, 0.1) is 6.92 Å². The predicted molar refractivity (Wildman–Crippen MR) is 79.8 cm³/mol. The van der Waals surface area contributed by atoms with E-state index in [1.807, 2.05) is 43.3 Å². The molecule has 0 bridgehead atoms. The molecule has 0 amide bonds. The van der Waals surface area contributed by atoms with Crippen LogP contribution in [0.1, 0.15) is 21.7 Å². The number of anilines is 1. The maximum atomic E-state index is 12.3. The fourth-order valence-electron chi connectivity index (χ4n) is 2.39. The second-order valence-corrected chi connectivity index (χ2v) is 4.83. The number of ketones is 1. The second kappa shape index (κ2) is 4.85. The first-order valence-corrected chi connectivity index (χ1v) is 6.51. The van der Waals surface area contributed by atoms with Crippen molar-refractivity contribution in [3.63, 3.8) is 0 Å². The van der Waals surface area contributed by atoms with Gasteiger partial charge in [0.2, 0.25) is 0 Å². The third-order valence-electron chi connectivity index (χ3n) is 3.52. The quantitative estimate of drug-likeness (QED) is 0.579. The molecule has 3 aromatic rings. The Balaban J connectivity index is 1.96. The third-order valence-corrected chi connectivity index (χ3v) is 3.52. The lowest BCUT2D eigenvalue weighted by molar-refractivity contribution is 0.0988. The van der Waals surface area contributed by atoms with E-state index in [-0.39, 0.29) is 12.2 Å². The zero-order valence-corrected chi connectivity index (χ0v) is 11.2. The van der Waals surface area contributed by atoms with E-state index < -0.39 is 0 Å². The lowest BCUT2D eigenvalue weighted by Gasteiger charge is -2.03. The maximum absolute atomic E-state index is 12.3. The fourth-order valence-corrected chi connectivity index (χ4v) is 2.39. The van der Waals surface area contributed by atoms with E-state index in [0.29, 0.717) is 17.0 Å². The van der Waals surface area contributed by atoms with Crippen LogP contribution in [0.5, 0.6) is 0 Å². The minimum Gasteiger partial charge on any atom is -0.460 e. The molecule has 1 aromatic heterocycles. The van der Waals surface area contributed by atoms with Crippen molar-refractivity contribution in [3.05, 3.63) is 65.4 Å². The van der Waals surface area contributed by atoms with Gasteiger partial charge in [0.1, 0.15) is 11.3 Å². The van der Waals surface area contributed by atoms with Crippen molar-refractivity contribution in [1.82, 2.24) is 0 Å². The van der Waals surface area contributed by atoms with E-state index >= 15 is 0 Å². The molecule has 2 N–H and O–H groups in total. The highest BCUT2D eigenvalue weighted by Gasteiger charge is 2.16. The smallest absolute Gasteiger partial charge is 0.172 e. The van der Waals surface area contributed by atoms with Gasteiger partial charge >= 0.3 is 0 Å². The molecule has 0 aliphatic carbocycles. The van der Waals surface area contributed by atoms with Crippen molar-refractivity contribution in [3.8, 4) is 0 Å². The monoisotopic (exact) mass is 265 g/mol. The third kappa shape index (κ3) is 2.07. The highest BCUT2D eigenvalue weighted by atomic mass is 16.3. The number of nitrogen functional groups attached to an aromatic ring is 1. The Morgan fingerprint density at radius 1 is 1.10 bits per heavy atom. The van der Waals surface area contributed by atoms with Gasteiger partial charge in [-0.15, -0.1) is 0 Å². The number of rotatable bonds is 3. The summed E-state index contributed by atoms with van der Waals surface area (Å²) in [6.07, 6.45) is 0.231. The molecule has 0 radical (unpaired) electrons. The molecule has 1 heterocycles. The van der Waals surface area contributed by atoms with Gasteiger partial charge in [0.15, 0.2) is 5.78 Å². The standard InChI is InChI=1S/C17H15NO2/c1-11-12-6-3-5-9-16(12)20-17(11)10-15(19)13-7-2-4-8-14(13)18/h2-9H,10,18H2,1H3. The number of carbonyl (C=O) groups excluding carboxylic acids is 1. The summed E-state index contributed by atoms with van der Waals surface area (Å²) >= 11 is 0. The highest BCUT2D eigenvalue weighted by molar-refractivity contribution is 6.02. The summed E-state index contributed by atoms with van der Waals surface area (Å²) < 4.78 is 5.77. The molecule has 0 aliphatic heterocycles. The van der Waals surface area contributed by atoms with E-state index in [1.165, 1.54) is 0 Å². The van der Waals surface area contributed by atoms with Gasteiger partial charge in [0.05, 0.1) is 6.42 Å². The first-order valence-electron chi connectivity index (χ1n) is 6.51. The number of Topliss-reactive ketones (excluding diaryl/α,β-unsaturated/α-hetero) is 1. The van der Waals surface area contributed by atoms with Gasteiger partial charge in [0, 0.05) is 16.6 Å². The van der Waals surface area contributed by atoms with Gasteiger partial charge in [-0.25, -0.2) is 0 Å². The van der Waals surface area contributed by atoms with E-state index in [0.717, 1.165) is 16.5 Å². The van der Waals surface area contributed by atoms with Crippen molar-refractivity contribution < 1.29 is 9.21 Å². The highest BCUT2D eigenvalue weighted by Crippen LogP contribution is 2.26. The molecule has 3 heteroatoms. The average molecular weight is 265 g/mol. The summed E-state index contributed by atoms with van der Waals surface area (Å²) in [5, 5.41) is 1.05. The van der Waals surface area contributed by atoms with Gasteiger partial charge in [0.25, 0.3) is 0 Å². The minimum atomic E-state index is -0.0229. The van der Waals surface area contributed by atoms with Crippen LogP contribution in [0.3, 0.4) is 0 Å². The molecule has 0 unspecified atom stereocenters. The summed E-state index contributed by atoms with van der Waals surface area (Å²) in [5.74, 6) is 0.685. The Labute approximate surface area is 117 Å². The Kier molecular flexibility index (Phi) is 3.03. The van der Waals surface area contributed by atoms with Crippen LogP contribution in [0.2, 0.25) is 0 Å². The molecule has 0 spiro atoms. The average Bonchev–Trinajstić information content (AvgIpc) is 2.76. The largest absolute Gasteiger partial charge is 0.460 e. The van der Waals surface area contributed by atoms with E-state index in [2.05, 4.69) is 0 Å². The van der Waals surface area contributed by atoms with Crippen molar-refractivity contribution in [2.75, 3.05) is 5.73 Å². The summed E-state index contributed by atoms with van der Waals surface area (Å²) in [7, 11) is 0. The van der Waals surface area contributed by atoms with Crippen LogP contribution in [0.15, 0.2) is 52.9 Å². The first-order chi connectivity index (χ1) is 9.66. The molecule has 0 atom stereocenters. The Bertz CT molecular complexity index is 787. The van der Waals surface area contributed by atoms with Crippen molar-refractivity contribution in [2.24, 2.45) is 0 Å². The Morgan fingerprint density at radius 2 is 1.80 bits per heavy atom. The molecule has 2 aromatic carbocycles. The molecule has 0 saturated heterocycles. The summed E-state index contributed by atoms with van der Waals surface area (Å²) in [4.78, 5) is 12.3. The van der Waals surface area contributed by atoms with Crippen molar-refractivity contribution in [1.29, 1.82) is 0 Å². The van der Waals surface area contributed by atoms with Gasteiger partial charge in [-0.3, -0.25) is 4.79 Å².